The van der Waals surface area contributed by atoms with Gasteiger partial charge in [0, 0.05) is 25.2 Å². The summed E-state index contributed by atoms with van der Waals surface area (Å²) in [7, 11) is 0. The van der Waals surface area contributed by atoms with Gasteiger partial charge in [-0.05, 0) is 37.5 Å². The van der Waals surface area contributed by atoms with Crippen molar-refractivity contribution >= 4 is 12.4 Å². The molecule has 0 radical (unpaired) electrons. The first kappa shape index (κ1) is 14.4. The molecule has 1 aliphatic heterocycles. The molecule has 0 spiro atoms. The number of nitrogens with two attached hydrogens (primary N) is 1. The summed E-state index contributed by atoms with van der Waals surface area (Å²) in [4.78, 5) is 2.41. The molecule has 2 N–H and O–H groups in total. The molecule has 96 valence electrons. The average Bonchev–Trinajstić information content (AvgIpc) is 2.30. The van der Waals surface area contributed by atoms with Crippen molar-refractivity contribution in [3.63, 3.8) is 0 Å². The summed E-state index contributed by atoms with van der Waals surface area (Å²) in [6.45, 7) is 4.25. The van der Waals surface area contributed by atoms with Crippen molar-refractivity contribution in [1.82, 2.24) is 4.90 Å². The second-order valence-corrected chi connectivity index (χ2v) is 4.60. The lowest BCUT2D eigenvalue weighted by molar-refractivity contribution is 0.163. The summed E-state index contributed by atoms with van der Waals surface area (Å²) in [6, 6.07) is 7.51. The Morgan fingerprint density at radius 2 is 1.76 bits per heavy atom. The molecule has 0 aliphatic carbocycles. The van der Waals surface area contributed by atoms with E-state index in [1.54, 1.807) is 0 Å². The molecule has 4 heteroatoms. The van der Waals surface area contributed by atoms with Gasteiger partial charge in [0.05, 0.1) is 0 Å². The van der Waals surface area contributed by atoms with Crippen molar-refractivity contribution < 1.29 is 4.39 Å². The Morgan fingerprint density at radius 3 is 2.29 bits per heavy atom. The van der Waals surface area contributed by atoms with E-state index in [2.05, 4.69) is 11.8 Å². The fourth-order valence-electron chi connectivity index (χ4n) is 2.26. The minimum Gasteiger partial charge on any atom is -0.328 e. The van der Waals surface area contributed by atoms with Gasteiger partial charge in [-0.1, -0.05) is 12.1 Å². The van der Waals surface area contributed by atoms with Crippen molar-refractivity contribution in [2.45, 2.75) is 31.8 Å². The monoisotopic (exact) mass is 258 g/mol. The minimum atomic E-state index is -0.170. The van der Waals surface area contributed by atoms with E-state index in [-0.39, 0.29) is 18.2 Å². The van der Waals surface area contributed by atoms with Crippen LogP contribution in [0, 0.1) is 5.82 Å². The van der Waals surface area contributed by atoms with Gasteiger partial charge in [-0.25, -0.2) is 4.39 Å². The van der Waals surface area contributed by atoms with Gasteiger partial charge in [0.1, 0.15) is 5.82 Å². The fourth-order valence-corrected chi connectivity index (χ4v) is 2.26. The summed E-state index contributed by atoms with van der Waals surface area (Å²) in [5, 5.41) is 0. The van der Waals surface area contributed by atoms with Crippen molar-refractivity contribution in [1.29, 1.82) is 0 Å². The number of benzene rings is 1. The van der Waals surface area contributed by atoms with E-state index in [9.17, 15) is 4.39 Å². The third kappa shape index (κ3) is 3.66. The Bertz CT molecular complexity index is 334. The molecule has 17 heavy (non-hydrogen) atoms. The minimum absolute atomic E-state index is 0. The van der Waals surface area contributed by atoms with Crippen molar-refractivity contribution in [3.8, 4) is 0 Å². The van der Waals surface area contributed by atoms with E-state index in [0.29, 0.717) is 12.1 Å². The van der Waals surface area contributed by atoms with E-state index < -0.39 is 0 Å². The third-order valence-electron chi connectivity index (χ3n) is 3.47. The first-order valence-corrected chi connectivity index (χ1v) is 5.92. The summed E-state index contributed by atoms with van der Waals surface area (Å²) >= 11 is 0. The molecule has 1 aliphatic rings. The van der Waals surface area contributed by atoms with Crippen LogP contribution in [0.3, 0.4) is 0 Å². The first-order chi connectivity index (χ1) is 7.66. The molecule has 1 saturated heterocycles. The molecule has 1 heterocycles. The fraction of sp³-hybridized carbons (Fsp3) is 0.538. The van der Waals surface area contributed by atoms with Gasteiger partial charge < -0.3 is 5.73 Å². The van der Waals surface area contributed by atoms with Crippen LogP contribution in [-0.2, 0) is 0 Å². The van der Waals surface area contributed by atoms with Crippen LogP contribution in [0.5, 0.6) is 0 Å². The third-order valence-corrected chi connectivity index (χ3v) is 3.47. The van der Waals surface area contributed by atoms with Crippen LogP contribution in [-0.4, -0.2) is 24.0 Å². The lowest BCUT2D eigenvalue weighted by Gasteiger charge is -2.35. The van der Waals surface area contributed by atoms with Crippen molar-refractivity contribution in [2.24, 2.45) is 5.73 Å². The molecule has 0 bridgehead atoms. The molecule has 2 rings (SSSR count). The molecule has 1 aromatic rings. The predicted molar refractivity (Wildman–Crippen MR) is 70.8 cm³/mol. The van der Waals surface area contributed by atoms with Crippen LogP contribution in [0.4, 0.5) is 4.39 Å². The largest absolute Gasteiger partial charge is 0.328 e. The van der Waals surface area contributed by atoms with Gasteiger partial charge in [0.2, 0.25) is 0 Å². The molecule has 1 atom stereocenters. The summed E-state index contributed by atoms with van der Waals surface area (Å²) in [6.07, 6.45) is 2.12. The lowest BCUT2D eigenvalue weighted by Crippen LogP contribution is -2.40. The Morgan fingerprint density at radius 1 is 1.24 bits per heavy atom. The maximum absolute atomic E-state index is 12.8. The van der Waals surface area contributed by atoms with Crippen LogP contribution in [0.1, 0.15) is 31.4 Å². The van der Waals surface area contributed by atoms with Gasteiger partial charge >= 0.3 is 0 Å². The SMILES string of the molecule is CC(c1ccc(F)cc1)N1CCC(N)CC1.Cl. The Labute approximate surface area is 108 Å². The Kier molecular flexibility index (Phi) is 5.37. The molecule has 1 unspecified atom stereocenters. The van der Waals surface area contributed by atoms with Crippen LogP contribution in [0.25, 0.3) is 0 Å². The second-order valence-electron chi connectivity index (χ2n) is 4.60. The van der Waals surface area contributed by atoms with Gasteiger partial charge in [-0.3, -0.25) is 4.90 Å². The normalized spacial score (nSPS) is 19.7. The topological polar surface area (TPSA) is 29.3 Å². The predicted octanol–water partition coefficient (Wildman–Crippen LogP) is 2.73. The number of nitrogens with zero attached hydrogens (tertiary/aromatic N) is 1. The number of hydrogen-bond acceptors (Lipinski definition) is 2. The molecule has 0 saturated carbocycles. The first-order valence-electron chi connectivity index (χ1n) is 5.92. The van der Waals surface area contributed by atoms with E-state index in [1.165, 1.54) is 17.7 Å². The maximum atomic E-state index is 12.8. The van der Waals surface area contributed by atoms with Crippen molar-refractivity contribution in [2.75, 3.05) is 13.1 Å². The van der Waals surface area contributed by atoms with E-state index in [4.69, 9.17) is 5.73 Å². The van der Waals surface area contributed by atoms with Crippen LogP contribution >= 0.6 is 12.4 Å². The molecular weight excluding hydrogens is 239 g/mol. The highest BCUT2D eigenvalue weighted by atomic mass is 35.5. The average molecular weight is 259 g/mol. The zero-order valence-corrected chi connectivity index (χ0v) is 10.9. The molecule has 0 aromatic heterocycles. The number of halogens is 2. The number of rotatable bonds is 2. The molecule has 1 fully saturated rings. The van der Waals surface area contributed by atoms with E-state index >= 15 is 0 Å². The zero-order chi connectivity index (χ0) is 11.5. The van der Waals surface area contributed by atoms with E-state index in [0.717, 1.165) is 25.9 Å². The molecule has 1 aromatic carbocycles. The number of piperidine rings is 1. The Hall–Kier alpha value is -0.640. The number of hydrogen-bond donors (Lipinski definition) is 1. The molecule has 2 nitrogen and oxygen atoms in total. The van der Waals surface area contributed by atoms with Crippen LogP contribution < -0.4 is 5.73 Å². The van der Waals surface area contributed by atoms with Gasteiger partial charge in [-0.15, -0.1) is 12.4 Å². The van der Waals surface area contributed by atoms with E-state index in [1.807, 2.05) is 12.1 Å². The zero-order valence-electron chi connectivity index (χ0n) is 10.1. The van der Waals surface area contributed by atoms with Gasteiger partial charge in [0.15, 0.2) is 0 Å². The molecular formula is C13H20ClFN2. The highest BCUT2D eigenvalue weighted by molar-refractivity contribution is 5.85. The smallest absolute Gasteiger partial charge is 0.123 e. The van der Waals surface area contributed by atoms with Crippen LogP contribution in [0.2, 0.25) is 0 Å². The van der Waals surface area contributed by atoms with Gasteiger partial charge in [0.25, 0.3) is 0 Å². The summed E-state index contributed by atoms with van der Waals surface area (Å²) < 4.78 is 12.8. The van der Waals surface area contributed by atoms with Gasteiger partial charge in [-0.2, -0.15) is 0 Å². The quantitative estimate of drug-likeness (QED) is 0.884. The lowest BCUT2D eigenvalue weighted by atomic mass is 10.0. The van der Waals surface area contributed by atoms with Crippen molar-refractivity contribution in [3.05, 3.63) is 35.6 Å². The standard InChI is InChI=1S/C13H19FN2.ClH/c1-10(11-2-4-12(14)5-3-11)16-8-6-13(15)7-9-16;/h2-5,10,13H,6-9,15H2,1H3;1H. The number of likely N-dealkylation sites (tertiary alicyclic amines) is 1. The Balaban J connectivity index is 0.00000144. The van der Waals surface area contributed by atoms with Crippen LogP contribution in [0.15, 0.2) is 24.3 Å². The highest BCUT2D eigenvalue weighted by Gasteiger charge is 2.21. The summed E-state index contributed by atoms with van der Waals surface area (Å²) in [5.74, 6) is -0.170. The highest BCUT2D eigenvalue weighted by Crippen LogP contribution is 2.23. The summed E-state index contributed by atoms with van der Waals surface area (Å²) in [5.41, 5.74) is 7.06. The second kappa shape index (κ2) is 6.34. The maximum Gasteiger partial charge on any atom is 0.123 e. The molecule has 0 amide bonds.